The average Bonchev–Trinajstić information content (AvgIpc) is 3.22. The molecule has 12 heteroatoms. The van der Waals surface area contributed by atoms with Crippen LogP contribution in [0.5, 0.6) is 0 Å². The summed E-state index contributed by atoms with van der Waals surface area (Å²) in [7, 11) is -2.83. The molecule has 2 N–H and O–H groups in total. The van der Waals surface area contributed by atoms with Crippen LogP contribution in [0.15, 0.2) is 59.2 Å². The van der Waals surface area contributed by atoms with Crippen molar-refractivity contribution in [3.63, 3.8) is 0 Å². The molecule has 0 aliphatic carbocycles. The lowest BCUT2D eigenvalue weighted by Crippen LogP contribution is -2.42. The van der Waals surface area contributed by atoms with E-state index in [1.165, 1.54) is 13.1 Å². The predicted molar refractivity (Wildman–Crippen MR) is 115 cm³/mol. The van der Waals surface area contributed by atoms with Gasteiger partial charge in [-0.05, 0) is 36.6 Å². The van der Waals surface area contributed by atoms with Gasteiger partial charge in [-0.3, -0.25) is 4.79 Å². The maximum Gasteiger partial charge on any atom is 0.416 e. The van der Waals surface area contributed by atoms with Crippen molar-refractivity contribution >= 4 is 27.8 Å². The van der Waals surface area contributed by atoms with Gasteiger partial charge < -0.3 is 9.73 Å². The fourth-order valence-corrected chi connectivity index (χ4v) is 3.61. The van der Waals surface area contributed by atoms with Gasteiger partial charge in [0.25, 0.3) is 11.9 Å². The van der Waals surface area contributed by atoms with E-state index in [0.717, 1.165) is 28.3 Å². The number of carbonyl (C=O) groups excluding carboxylic acids is 1. The van der Waals surface area contributed by atoms with E-state index < -0.39 is 27.9 Å². The van der Waals surface area contributed by atoms with E-state index >= 15 is 0 Å². The van der Waals surface area contributed by atoms with Gasteiger partial charge in [-0.1, -0.05) is 36.4 Å². The van der Waals surface area contributed by atoms with E-state index in [9.17, 15) is 26.4 Å². The van der Waals surface area contributed by atoms with Crippen LogP contribution in [-0.4, -0.2) is 37.2 Å². The lowest BCUT2D eigenvalue weighted by atomic mass is 10.1. The minimum Gasteiger partial charge on any atom is -0.431 e. The molecule has 0 saturated carbocycles. The predicted octanol–water partition coefficient (Wildman–Crippen LogP) is 3.89. The number of alkyl halides is 3. The highest BCUT2D eigenvalue weighted by Crippen LogP contribution is 2.32. The van der Waals surface area contributed by atoms with Crippen LogP contribution >= 0.6 is 0 Å². The number of aryl methyl sites for hydroxylation is 1. The van der Waals surface area contributed by atoms with Crippen LogP contribution in [-0.2, 0) is 22.8 Å². The van der Waals surface area contributed by atoms with E-state index in [1.54, 1.807) is 6.92 Å². The van der Waals surface area contributed by atoms with Gasteiger partial charge in [0.1, 0.15) is 6.26 Å². The Morgan fingerprint density at radius 1 is 1.15 bits per heavy atom. The number of hydrogen-bond donors (Lipinski definition) is 2. The van der Waals surface area contributed by atoms with Crippen LogP contribution in [0.3, 0.4) is 0 Å². The van der Waals surface area contributed by atoms with Crippen molar-refractivity contribution in [2.24, 2.45) is 0 Å². The largest absolute Gasteiger partial charge is 0.431 e. The molecule has 0 spiro atoms. The molecular weight excluding hydrogens is 461 g/mol. The van der Waals surface area contributed by atoms with Crippen LogP contribution in [0.4, 0.5) is 24.9 Å². The van der Waals surface area contributed by atoms with Gasteiger partial charge in [0.15, 0.2) is 5.69 Å². The second kappa shape index (κ2) is 9.63. The molecule has 1 aromatic heterocycles. The quantitative estimate of drug-likeness (QED) is 0.505. The van der Waals surface area contributed by atoms with Crippen molar-refractivity contribution in [1.29, 1.82) is 0 Å². The number of amides is 1. The molecule has 8 nitrogen and oxygen atoms in total. The standard InChI is InChI=1S/C21H21F3N4O4S/c1-14-8-9-16(21(22,23)24)12-17(14)25-20-26-18(13-32-20)19(29)27-33(30,31)28(2)11-10-15-6-4-3-5-7-15/h3-9,12-13H,10-11H2,1-2H3,(H,25,26)(H,27,29). The van der Waals surface area contributed by atoms with E-state index in [-0.39, 0.29) is 23.9 Å². The number of likely N-dealkylation sites (N-methyl/N-ethyl adjacent to an activating group) is 1. The molecule has 2 aromatic carbocycles. The number of nitrogens with zero attached hydrogens (tertiary/aromatic N) is 2. The minimum absolute atomic E-state index is 0.0758. The van der Waals surface area contributed by atoms with Crippen LogP contribution in [0.25, 0.3) is 0 Å². The van der Waals surface area contributed by atoms with Gasteiger partial charge in [-0.2, -0.15) is 30.9 Å². The summed E-state index contributed by atoms with van der Waals surface area (Å²) in [5.41, 5.74) is 0.261. The van der Waals surface area contributed by atoms with E-state index in [4.69, 9.17) is 4.42 Å². The fourth-order valence-electron chi connectivity index (χ4n) is 2.78. The molecule has 176 valence electrons. The first-order valence-electron chi connectivity index (χ1n) is 9.68. The Hall–Kier alpha value is -3.38. The Morgan fingerprint density at radius 2 is 1.85 bits per heavy atom. The summed E-state index contributed by atoms with van der Waals surface area (Å²) in [6.07, 6.45) is -3.19. The van der Waals surface area contributed by atoms with Crippen molar-refractivity contribution in [2.45, 2.75) is 19.5 Å². The maximum atomic E-state index is 12.9. The third-order valence-corrected chi connectivity index (χ3v) is 6.18. The van der Waals surface area contributed by atoms with Gasteiger partial charge in [0.2, 0.25) is 0 Å². The van der Waals surface area contributed by atoms with Crippen molar-refractivity contribution in [2.75, 3.05) is 18.9 Å². The third kappa shape index (κ3) is 6.33. The molecule has 0 fully saturated rings. The lowest BCUT2D eigenvalue weighted by molar-refractivity contribution is -0.137. The summed E-state index contributed by atoms with van der Waals surface area (Å²) < 4.78 is 71.6. The van der Waals surface area contributed by atoms with Crippen LogP contribution in [0.1, 0.15) is 27.2 Å². The Morgan fingerprint density at radius 3 is 2.52 bits per heavy atom. The summed E-state index contributed by atoms with van der Waals surface area (Å²) in [4.78, 5) is 16.2. The van der Waals surface area contributed by atoms with Crippen molar-refractivity contribution < 1.29 is 30.8 Å². The molecule has 0 aliphatic rings. The van der Waals surface area contributed by atoms with Crippen molar-refractivity contribution in [1.82, 2.24) is 14.0 Å². The van der Waals surface area contributed by atoms with E-state index in [0.29, 0.717) is 12.0 Å². The van der Waals surface area contributed by atoms with Crippen LogP contribution in [0.2, 0.25) is 0 Å². The number of benzene rings is 2. The SMILES string of the molecule is Cc1ccc(C(F)(F)F)cc1Nc1nc(C(=O)NS(=O)(=O)N(C)CCc2ccccc2)co1. The highest BCUT2D eigenvalue weighted by Gasteiger charge is 2.31. The zero-order valence-corrected chi connectivity index (χ0v) is 18.5. The molecule has 0 unspecified atom stereocenters. The molecule has 33 heavy (non-hydrogen) atoms. The molecular formula is C21H21F3N4O4S. The fraction of sp³-hybridized carbons (Fsp3) is 0.238. The van der Waals surface area contributed by atoms with Crippen LogP contribution < -0.4 is 10.0 Å². The Kier molecular flexibility index (Phi) is 7.08. The Balaban J connectivity index is 1.65. The second-order valence-electron chi connectivity index (χ2n) is 7.18. The molecule has 0 radical (unpaired) electrons. The highest BCUT2D eigenvalue weighted by atomic mass is 32.2. The summed E-state index contributed by atoms with van der Waals surface area (Å²) in [5, 5.41) is 2.57. The van der Waals surface area contributed by atoms with E-state index in [1.807, 2.05) is 35.1 Å². The summed E-state index contributed by atoms with van der Waals surface area (Å²) in [6, 6.07) is 12.1. The molecule has 0 bridgehead atoms. The normalized spacial score (nSPS) is 12.1. The van der Waals surface area contributed by atoms with Crippen molar-refractivity contribution in [3.05, 3.63) is 77.2 Å². The number of anilines is 2. The number of rotatable bonds is 8. The molecule has 0 atom stereocenters. The molecule has 1 amide bonds. The lowest BCUT2D eigenvalue weighted by Gasteiger charge is -2.17. The van der Waals surface area contributed by atoms with Gasteiger partial charge in [0.05, 0.1) is 5.56 Å². The monoisotopic (exact) mass is 482 g/mol. The van der Waals surface area contributed by atoms with Gasteiger partial charge in [0, 0.05) is 19.3 Å². The van der Waals surface area contributed by atoms with Crippen molar-refractivity contribution in [3.8, 4) is 0 Å². The third-order valence-electron chi connectivity index (χ3n) is 4.73. The first kappa shape index (κ1) is 24.3. The molecule has 1 heterocycles. The smallest absolute Gasteiger partial charge is 0.416 e. The number of carbonyl (C=O) groups is 1. The number of nitrogens with one attached hydrogen (secondary N) is 2. The minimum atomic E-state index is -4.54. The van der Waals surface area contributed by atoms with Gasteiger partial charge >= 0.3 is 16.4 Å². The first-order valence-corrected chi connectivity index (χ1v) is 11.1. The zero-order chi connectivity index (χ0) is 24.2. The maximum absolute atomic E-state index is 12.9. The number of halogens is 3. The summed E-state index contributed by atoms with van der Waals surface area (Å²) in [6.45, 7) is 1.71. The molecule has 3 aromatic rings. The Labute approximate surface area is 188 Å². The second-order valence-corrected chi connectivity index (χ2v) is 8.96. The van der Waals surface area contributed by atoms with Crippen LogP contribution in [0, 0.1) is 6.92 Å². The topological polar surface area (TPSA) is 105 Å². The van der Waals surface area contributed by atoms with E-state index in [2.05, 4.69) is 10.3 Å². The molecule has 0 saturated heterocycles. The Bertz CT molecular complexity index is 1230. The van der Waals surface area contributed by atoms with Gasteiger partial charge in [-0.25, -0.2) is 4.72 Å². The summed E-state index contributed by atoms with van der Waals surface area (Å²) in [5.74, 6) is -1.04. The number of aromatic nitrogens is 1. The molecule has 3 rings (SSSR count). The van der Waals surface area contributed by atoms with Gasteiger partial charge in [-0.15, -0.1) is 0 Å². The zero-order valence-electron chi connectivity index (χ0n) is 17.7. The first-order chi connectivity index (χ1) is 15.5. The number of oxazole rings is 1. The average molecular weight is 482 g/mol. The number of hydrogen-bond acceptors (Lipinski definition) is 6. The highest BCUT2D eigenvalue weighted by molar-refractivity contribution is 7.87. The summed E-state index contributed by atoms with van der Waals surface area (Å²) >= 11 is 0. The molecule has 0 aliphatic heterocycles.